The van der Waals surface area contributed by atoms with Crippen molar-refractivity contribution in [3.05, 3.63) is 59.7 Å². The minimum Gasteiger partial charge on any atom is -0.497 e. The van der Waals surface area contributed by atoms with Crippen LogP contribution in [0.3, 0.4) is 0 Å². The molecule has 0 aliphatic rings. The van der Waals surface area contributed by atoms with Gasteiger partial charge in [-0.2, -0.15) is 21.6 Å². The molecule has 0 aliphatic heterocycles. The molecule has 0 radical (unpaired) electrons. The van der Waals surface area contributed by atoms with Gasteiger partial charge in [-0.1, -0.05) is 30.3 Å². The molecule has 0 bridgehead atoms. The predicted octanol–water partition coefficient (Wildman–Crippen LogP) is 3.51. The Morgan fingerprint density at radius 1 is 1.04 bits per heavy atom. The highest BCUT2D eigenvalue weighted by Gasteiger charge is 2.48. The lowest BCUT2D eigenvalue weighted by atomic mass is 10.0. The Morgan fingerprint density at radius 2 is 1.70 bits per heavy atom. The zero-order valence-electron chi connectivity index (χ0n) is 12.0. The van der Waals surface area contributed by atoms with Crippen LogP contribution in [0.15, 0.2) is 48.5 Å². The van der Waals surface area contributed by atoms with E-state index in [2.05, 4.69) is 4.18 Å². The van der Waals surface area contributed by atoms with Crippen LogP contribution in [0.2, 0.25) is 0 Å². The summed E-state index contributed by atoms with van der Waals surface area (Å²) in [6.07, 6.45) is 0.195. The molecule has 0 fully saturated rings. The molecule has 0 saturated heterocycles. The molecule has 0 heterocycles. The highest BCUT2D eigenvalue weighted by atomic mass is 32.2. The van der Waals surface area contributed by atoms with E-state index in [0.29, 0.717) is 5.75 Å². The van der Waals surface area contributed by atoms with Crippen molar-refractivity contribution in [1.82, 2.24) is 0 Å². The van der Waals surface area contributed by atoms with E-state index in [4.69, 9.17) is 4.74 Å². The molecule has 2 aromatic carbocycles. The average molecular weight is 346 g/mol. The highest BCUT2D eigenvalue weighted by Crippen LogP contribution is 2.32. The summed E-state index contributed by atoms with van der Waals surface area (Å²) in [5.41, 5.74) is -4.44. The first-order valence-corrected chi connectivity index (χ1v) is 7.85. The number of ether oxygens (including phenoxy) is 1. The van der Waals surface area contributed by atoms with Gasteiger partial charge < -0.3 is 8.92 Å². The molecular formula is C15H13F3O4S. The second kappa shape index (κ2) is 6.49. The van der Waals surface area contributed by atoms with Gasteiger partial charge in [-0.15, -0.1) is 0 Å². The molecule has 23 heavy (non-hydrogen) atoms. The van der Waals surface area contributed by atoms with Gasteiger partial charge >= 0.3 is 15.6 Å². The Balaban J connectivity index is 2.40. The van der Waals surface area contributed by atoms with Crippen LogP contribution in [0.5, 0.6) is 11.5 Å². The smallest absolute Gasteiger partial charge is 0.497 e. The third-order valence-corrected chi connectivity index (χ3v) is 3.95. The van der Waals surface area contributed by atoms with E-state index in [-0.39, 0.29) is 17.7 Å². The fourth-order valence-corrected chi connectivity index (χ4v) is 2.38. The van der Waals surface area contributed by atoms with Crippen molar-refractivity contribution in [3.8, 4) is 11.5 Å². The quantitative estimate of drug-likeness (QED) is 0.614. The molecule has 2 rings (SSSR count). The van der Waals surface area contributed by atoms with Crippen LogP contribution >= 0.6 is 0 Å². The molecule has 4 nitrogen and oxygen atoms in total. The zero-order chi connectivity index (χ0) is 17.1. The summed E-state index contributed by atoms with van der Waals surface area (Å²) >= 11 is 0. The SMILES string of the molecule is COc1ccc(OS(=O)(=O)C(F)(F)F)c(Cc2ccccc2)c1. The molecule has 0 amide bonds. The van der Waals surface area contributed by atoms with Gasteiger partial charge in [0.25, 0.3) is 0 Å². The topological polar surface area (TPSA) is 52.6 Å². The van der Waals surface area contributed by atoms with Crippen LogP contribution in [0, 0.1) is 0 Å². The summed E-state index contributed by atoms with van der Waals surface area (Å²) in [6, 6.07) is 12.8. The molecule has 0 saturated carbocycles. The number of halogens is 3. The number of hydrogen-bond acceptors (Lipinski definition) is 4. The average Bonchev–Trinajstić information content (AvgIpc) is 2.48. The van der Waals surface area contributed by atoms with Crippen LogP contribution in [0.1, 0.15) is 11.1 Å². The van der Waals surface area contributed by atoms with E-state index >= 15 is 0 Å². The number of hydrogen-bond donors (Lipinski definition) is 0. The molecule has 0 unspecified atom stereocenters. The fourth-order valence-electron chi connectivity index (χ4n) is 1.88. The van der Waals surface area contributed by atoms with E-state index in [9.17, 15) is 21.6 Å². The van der Waals surface area contributed by atoms with Crippen molar-refractivity contribution in [1.29, 1.82) is 0 Å². The van der Waals surface area contributed by atoms with Crippen LogP contribution in [-0.4, -0.2) is 21.0 Å². The summed E-state index contributed by atoms with van der Waals surface area (Å²) < 4.78 is 69.1. The molecule has 0 spiro atoms. The number of rotatable bonds is 5. The molecule has 124 valence electrons. The summed E-state index contributed by atoms with van der Waals surface area (Å²) in [4.78, 5) is 0. The summed E-state index contributed by atoms with van der Waals surface area (Å²) in [5.74, 6) is -0.000309. The molecule has 0 N–H and O–H groups in total. The van der Waals surface area contributed by atoms with Crippen molar-refractivity contribution in [3.63, 3.8) is 0 Å². The van der Waals surface area contributed by atoms with Gasteiger partial charge in [0.15, 0.2) is 0 Å². The van der Waals surface area contributed by atoms with Gasteiger partial charge in [0, 0.05) is 12.0 Å². The van der Waals surface area contributed by atoms with Gasteiger partial charge in [-0.3, -0.25) is 0 Å². The summed E-state index contributed by atoms with van der Waals surface area (Å²) in [6.45, 7) is 0. The minimum absolute atomic E-state index is 0.195. The third-order valence-electron chi connectivity index (χ3n) is 2.99. The highest BCUT2D eigenvalue weighted by molar-refractivity contribution is 7.88. The number of benzene rings is 2. The third kappa shape index (κ3) is 4.16. The van der Waals surface area contributed by atoms with Gasteiger partial charge in [0.05, 0.1) is 7.11 Å². The first-order chi connectivity index (χ1) is 10.7. The number of methoxy groups -OCH3 is 1. The minimum atomic E-state index is -5.73. The van der Waals surface area contributed by atoms with Gasteiger partial charge in [-0.25, -0.2) is 0 Å². The van der Waals surface area contributed by atoms with Crippen LogP contribution in [0.4, 0.5) is 13.2 Å². The Labute approximate surface area is 131 Å². The van der Waals surface area contributed by atoms with E-state index in [1.165, 1.54) is 19.2 Å². The Morgan fingerprint density at radius 3 is 2.26 bits per heavy atom. The van der Waals surface area contributed by atoms with Crippen LogP contribution < -0.4 is 8.92 Å². The van der Waals surface area contributed by atoms with Crippen molar-refractivity contribution < 1.29 is 30.5 Å². The lowest BCUT2D eigenvalue weighted by molar-refractivity contribution is -0.0500. The van der Waals surface area contributed by atoms with Crippen LogP contribution in [0.25, 0.3) is 0 Å². The van der Waals surface area contributed by atoms with Crippen molar-refractivity contribution in [2.45, 2.75) is 11.9 Å². The summed E-state index contributed by atoms with van der Waals surface area (Å²) in [5, 5.41) is 0. The predicted molar refractivity (Wildman–Crippen MR) is 77.8 cm³/mol. The van der Waals surface area contributed by atoms with Gasteiger partial charge in [0.2, 0.25) is 0 Å². The molecule has 2 aromatic rings. The zero-order valence-corrected chi connectivity index (χ0v) is 12.8. The maximum Gasteiger partial charge on any atom is 0.534 e. The normalized spacial score (nSPS) is 12.0. The molecule has 0 aromatic heterocycles. The molecular weight excluding hydrogens is 333 g/mol. The van der Waals surface area contributed by atoms with Crippen LogP contribution in [-0.2, 0) is 16.5 Å². The second-order valence-corrected chi connectivity index (χ2v) is 6.16. The lowest BCUT2D eigenvalue weighted by Crippen LogP contribution is -2.28. The molecule has 0 atom stereocenters. The molecule has 0 aliphatic carbocycles. The lowest BCUT2D eigenvalue weighted by Gasteiger charge is -2.14. The van der Waals surface area contributed by atoms with Crippen molar-refractivity contribution in [2.75, 3.05) is 7.11 Å². The first kappa shape index (κ1) is 17.1. The summed E-state index contributed by atoms with van der Waals surface area (Å²) in [7, 11) is -4.33. The Kier molecular flexibility index (Phi) is 4.84. The Hall–Kier alpha value is -2.22. The monoisotopic (exact) mass is 346 g/mol. The fraction of sp³-hybridized carbons (Fsp3) is 0.200. The van der Waals surface area contributed by atoms with E-state index < -0.39 is 15.6 Å². The first-order valence-electron chi connectivity index (χ1n) is 6.44. The maximum atomic E-state index is 12.5. The van der Waals surface area contributed by atoms with E-state index in [1.807, 2.05) is 0 Å². The number of alkyl halides is 3. The standard InChI is InChI=1S/C15H13F3O4S/c1-21-13-7-8-14(22-23(19,20)15(16,17)18)12(10-13)9-11-5-3-2-4-6-11/h2-8,10H,9H2,1H3. The Bertz CT molecular complexity index is 771. The second-order valence-electron chi connectivity index (χ2n) is 4.62. The van der Waals surface area contributed by atoms with E-state index in [1.54, 1.807) is 30.3 Å². The van der Waals surface area contributed by atoms with Gasteiger partial charge in [-0.05, 0) is 23.8 Å². The van der Waals surface area contributed by atoms with Gasteiger partial charge in [0.1, 0.15) is 11.5 Å². The largest absolute Gasteiger partial charge is 0.534 e. The maximum absolute atomic E-state index is 12.5. The van der Waals surface area contributed by atoms with E-state index in [0.717, 1.165) is 11.6 Å². The molecule has 8 heteroatoms. The van der Waals surface area contributed by atoms with Crippen molar-refractivity contribution in [2.24, 2.45) is 0 Å². The van der Waals surface area contributed by atoms with Crippen molar-refractivity contribution >= 4 is 10.1 Å².